The molecule has 0 nitrogen and oxygen atoms in total. The van der Waals surface area contributed by atoms with E-state index < -0.39 is 65.6 Å². The van der Waals surface area contributed by atoms with E-state index >= 15 is 0 Å². The Kier molecular flexibility index (Phi) is 7.09. The summed E-state index contributed by atoms with van der Waals surface area (Å²) in [6, 6.07) is 0. The van der Waals surface area contributed by atoms with Gasteiger partial charge in [-0.1, -0.05) is 12.2 Å². The van der Waals surface area contributed by atoms with Gasteiger partial charge in [-0.15, -0.1) is 0 Å². The molecule has 0 radical (unpaired) electrons. The van der Waals surface area contributed by atoms with Gasteiger partial charge in [0.05, 0.1) is 0 Å². The van der Waals surface area contributed by atoms with Crippen molar-refractivity contribution in [2.75, 3.05) is 0 Å². The highest BCUT2D eigenvalue weighted by molar-refractivity contribution is 5.19. The minimum Gasteiger partial charge on any atom is -0.216 e. The van der Waals surface area contributed by atoms with Crippen LogP contribution in [-0.2, 0) is 0 Å². The van der Waals surface area contributed by atoms with Crippen molar-refractivity contribution in [3.63, 3.8) is 0 Å². The molecule has 0 aromatic carbocycles. The van der Waals surface area contributed by atoms with Gasteiger partial charge in [-0.2, -0.15) is 79.0 Å². The van der Waals surface area contributed by atoms with Crippen LogP contribution >= 0.6 is 0 Å². The quantitative estimate of drug-likeness (QED) is 0.227. The predicted octanol–water partition coefficient (Wildman–Crippen LogP) is 7.60. The highest BCUT2D eigenvalue weighted by Crippen LogP contribution is 2.66. The molecule has 32 heavy (non-hydrogen) atoms. The number of allylic oxidation sites excluding steroid dienone is 1. The third-order valence-electron chi connectivity index (χ3n) is 3.77. The third kappa shape index (κ3) is 3.75. The van der Waals surface area contributed by atoms with Crippen molar-refractivity contribution in [2.24, 2.45) is 0 Å². The van der Waals surface area contributed by atoms with Gasteiger partial charge in [0.15, 0.2) is 0 Å². The van der Waals surface area contributed by atoms with E-state index in [1.807, 2.05) is 0 Å². The molecule has 0 amide bonds. The lowest BCUT2D eigenvalue weighted by Crippen LogP contribution is -2.77. The zero-order chi connectivity index (χ0) is 26.8. The van der Waals surface area contributed by atoms with E-state index in [1.54, 1.807) is 0 Å². The van der Waals surface area contributed by atoms with Crippen LogP contribution in [0.15, 0.2) is 12.2 Å². The number of alkyl halides is 19. The summed E-state index contributed by atoms with van der Waals surface area (Å²) in [5.74, 6) is -49.6. The lowest BCUT2D eigenvalue weighted by molar-refractivity contribution is -0.472. The molecule has 0 spiro atoms. The first-order chi connectivity index (χ1) is 13.4. The number of hydrogen-bond acceptors (Lipinski definition) is 0. The number of rotatable bonds is 8. The second kappa shape index (κ2) is 7.46. The number of hydrogen-bond donors (Lipinski definition) is 0. The molecule has 0 aromatic rings. The van der Waals surface area contributed by atoms with E-state index in [4.69, 9.17) is 0 Å². The van der Waals surface area contributed by atoms with Gasteiger partial charge in [0.1, 0.15) is 0 Å². The van der Waals surface area contributed by atoms with E-state index in [1.165, 1.54) is 0 Å². The molecule has 0 aliphatic carbocycles. The van der Waals surface area contributed by atoms with Gasteiger partial charge in [-0.25, -0.2) is 4.39 Å². The molecule has 0 heterocycles. The van der Waals surface area contributed by atoms with Gasteiger partial charge in [-0.3, -0.25) is 0 Å². The first-order valence-electron chi connectivity index (χ1n) is 7.15. The van der Waals surface area contributed by atoms with Gasteiger partial charge in [0.25, 0.3) is 0 Å². The fraction of sp³-hybridized carbons (Fsp3) is 0.846. The smallest absolute Gasteiger partial charge is 0.216 e. The summed E-state index contributed by atoms with van der Waals surface area (Å²) < 4.78 is 247. The van der Waals surface area contributed by atoms with E-state index in [0.29, 0.717) is 6.92 Å². The fourth-order valence-electron chi connectivity index (χ4n) is 2.04. The summed E-state index contributed by atoms with van der Waals surface area (Å²) in [5.41, 5.74) is -9.94. The van der Waals surface area contributed by atoms with Crippen LogP contribution in [0.2, 0.25) is 0 Å². The zero-order valence-electron chi connectivity index (χ0n) is 14.6. The van der Waals surface area contributed by atoms with Crippen LogP contribution in [0.3, 0.4) is 0 Å². The van der Waals surface area contributed by atoms with Crippen molar-refractivity contribution in [3.8, 4) is 0 Å². The average molecular weight is 524 g/mol. The Balaban J connectivity index is 7.07. The fourth-order valence-corrected chi connectivity index (χ4v) is 2.04. The molecule has 0 unspecified atom stereocenters. The molecule has 0 aromatic heterocycles. The first-order valence-corrected chi connectivity index (χ1v) is 7.15. The van der Waals surface area contributed by atoms with E-state index in [9.17, 15) is 83.4 Å². The summed E-state index contributed by atoms with van der Waals surface area (Å²) in [6.07, 6.45) is -19.2. The Labute approximate surface area is 164 Å². The van der Waals surface area contributed by atoms with Crippen LogP contribution in [0.1, 0.15) is 13.3 Å². The van der Waals surface area contributed by atoms with Crippen LogP contribution in [0.5, 0.6) is 0 Å². The van der Waals surface area contributed by atoms with Crippen molar-refractivity contribution in [1.82, 2.24) is 0 Å². The van der Waals surface area contributed by atoms with Crippen LogP contribution in [0, 0.1) is 0 Å². The number of halogens is 19. The standard InChI is InChI=1S/C13H7F19/c1-4(2)3-5(14,15)7(17,18)9(21,22)11(25,26)10(23,24)8(19,20)6(16,12(27,28)29)13(30,31)32/h1,3H2,2H3. The van der Waals surface area contributed by atoms with Crippen molar-refractivity contribution in [2.45, 2.75) is 66.9 Å². The maximum atomic E-state index is 13.4. The monoisotopic (exact) mass is 524 g/mol. The van der Waals surface area contributed by atoms with Crippen molar-refractivity contribution in [1.29, 1.82) is 0 Å². The first kappa shape index (κ1) is 30.4. The van der Waals surface area contributed by atoms with Crippen LogP contribution < -0.4 is 0 Å². The molecule has 19 heteroatoms. The predicted molar refractivity (Wildman–Crippen MR) is 65.1 cm³/mol. The maximum absolute atomic E-state index is 13.4. The SMILES string of the molecule is C=C(C)CC(F)(F)C(F)(F)C(F)(F)C(F)(F)C(F)(F)C(F)(F)C(F)(C(F)(F)F)C(F)(F)F. The van der Waals surface area contributed by atoms with E-state index in [-0.39, 0.29) is 0 Å². The Hall–Kier alpha value is -1.59. The lowest BCUT2D eigenvalue weighted by atomic mass is 9.83. The van der Waals surface area contributed by atoms with Crippen LogP contribution in [0.4, 0.5) is 83.4 Å². The molecular formula is C13H7F19. The Morgan fingerprint density at radius 2 is 0.719 bits per heavy atom. The molecule has 0 rings (SSSR count). The largest absolute Gasteiger partial charge is 0.438 e. The highest BCUT2D eigenvalue weighted by Gasteiger charge is 2.98. The summed E-state index contributed by atoms with van der Waals surface area (Å²) >= 11 is 0. The van der Waals surface area contributed by atoms with Gasteiger partial charge < -0.3 is 0 Å². The Morgan fingerprint density at radius 3 is 0.969 bits per heavy atom. The second-order valence-corrected chi connectivity index (χ2v) is 6.36. The molecule has 0 fully saturated rings. The van der Waals surface area contributed by atoms with Crippen LogP contribution in [0.25, 0.3) is 0 Å². The van der Waals surface area contributed by atoms with Crippen molar-refractivity contribution < 1.29 is 83.4 Å². The molecule has 0 N–H and O–H groups in total. The molecule has 192 valence electrons. The van der Waals surface area contributed by atoms with Gasteiger partial charge in [0, 0.05) is 6.42 Å². The molecular weight excluding hydrogens is 517 g/mol. The van der Waals surface area contributed by atoms with Crippen LogP contribution in [-0.4, -0.2) is 53.6 Å². The summed E-state index contributed by atoms with van der Waals surface area (Å²) in [5, 5.41) is 0. The van der Waals surface area contributed by atoms with Gasteiger partial charge >= 0.3 is 53.6 Å². The molecule has 0 aliphatic rings. The second-order valence-electron chi connectivity index (χ2n) is 6.36. The lowest BCUT2D eigenvalue weighted by Gasteiger charge is -2.45. The van der Waals surface area contributed by atoms with Crippen molar-refractivity contribution in [3.05, 3.63) is 12.2 Å². The minimum atomic E-state index is -8.98. The molecule has 0 saturated carbocycles. The van der Waals surface area contributed by atoms with E-state index in [0.717, 1.165) is 0 Å². The molecule has 0 atom stereocenters. The maximum Gasteiger partial charge on any atom is 0.438 e. The van der Waals surface area contributed by atoms with Gasteiger partial charge in [-0.05, 0) is 6.92 Å². The molecule has 0 saturated heterocycles. The molecule has 0 bridgehead atoms. The van der Waals surface area contributed by atoms with Gasteiger partial charge in [0.2, 0.25) is 0 Å². The van der Waals surface area contributed by atoms with E-state index in [2.05, 4.69) is 6.58 Å². The van der Waals surface area contributed by atoms with Crippen molar-refractivity contribution >= 4 is 0 Å². The Bertz CT molecular complexity index is 692. The summed E-state index contributed by atoms with van der Waals surface area (Å²) in [7, 11) is 0. The molecule has 0 aliphatic heterocycles. The minimum absolute atomic E-state index is 0.368. The summed E-state index contributed by atoms with van der Waals surface area (Å²) in [6.45, 7) is 2.83. The topological polar surface area (TPSA) is 0 Å². The summed E-state index contributed by atoms with van der Waals surface area (Å²) in [4.78, 5) is 0. The highest BCUT2D eigenvalue weighted by atomic mass is 19.4. The third-order valence-corrected chi connectivity index (χ3v) is 3.77. The normalized spacial score (nSPS) is 16.4. The average Bonchev–Trinajstić information content (AvgIpc) is 2.49. The zero-order valence-corrected chi connectivity index (χ0v) is 14.6. The Morgan fingerprint density at radius 1 is 0.469 bits per heavy atom.